The molecule has 0 saturated heterocycles. The zero-order valence-electron chi connectivity index (χ0n) is 12.8. The van der Waals surface area contributed by atoms with Gasteiger partial charge in [-0.2, -0.15) is 5.26 Å². The van der Waals surface area contributed by atoms with E-state index in [1.54, 1.807) is 0 Å². The minimum Gasteiger partial charge on any atom is -0.483 e. The van der Waals surface area contributed by atoms with Crippen molar-refractivity contribution in [3.05, 3.63) is 23.8 Å². The lowest BCUT2D eigenvalue weighted by atomic mass is 9.93. The number of fused-ring (bicyclic) bond motifs is 1. The number of rotatable bonds is 5. The van der Waals surface area contributed by atoms with Crippen LogP contribution in [0.25, 0.3) is 0 Å². The van der Waals surface area contributed by atoms with Crippen molar-refractivity contribution < 1.29 is 4.74 Å². The number of benzene rings is 1. The molecule has 0 atom stereocenters. The average molecular weight is 272 g/mol. The van der Waals surface area contributed by atoms with Crippen LogP contribution in [0.1, 0.15) is 45.1 Å². The molecule has 108 valence electrons. The molecule has 1 heterocycles. The summed E-state index contributed by atoms with van der Waals surface area (Å²) in [5, 5.41) is 8.74. The first-order valence-electron chi connectivity index (χ1n) is 7.55. The lowest BCUT2D eigenvalue weighted by Crippen LogP contribution is -2.50. The Morgan fingerprint density at radius 1 is 1.35 bits per heavy atom. The predicted octanol–water partition coefficient (Wildman–Crippen LogP) is 4.06. The van der Waals surface area contributed by atoms with Crippen LogP contribution in [0.2, 0.25) is 0 Å². The van der Waals surface area contributed by atoms with Crippen molar-refractivity contribution in [2.45, 2.75) is 52.1 Å². The summed E-state index contributed by atoms with van der Waals surface area (Å²) in [7, 11) is 0. The average Bonchev–Trinajstić information content (AvgIpc) is 2.47. The van der Waals surface area contributed by atoms with Crippen LogP contribution in [0, 0.1) is 18.3 Å². The second kappa shape index (κ2) is 6.17. The number of nitrogens with zero attached hydrogens (tertiary/aromatic N) is 2. The fourth-order valence-electron chi connectivity index (χ4n) is 2.83. The number of anilines is 1. The topological polar surface area (TPSA) is 36.3 Å². The van der Waals surface area contributed by atoms with Gasteiger partial charge in [0, 0.05) is 13.0 Å². The molecule has 1 aromatic carbocycles. The highest BCUT2D eigenvalue weighted by Gasteiger charge is 2.36. The summed E-state index contributed by atoms with van der Waals surface area (Å²) in [6.07, 6.45) is 3.54. The van der Waals surface area contributed by atoms with Crippen LogP contribution in [0.15, 0.2) is 18.2 Å². The fraction of sp³-hybridized carbons (Fsp3) is 0.588. The van der Waals surface area contributed by atoms with E-state index in [1.165, 1.54) is 11.3 Å². The molecular weight excluding hydrogens is 248 g/mol. The zero-order valence-corrected chi connectivity index (χ0v) is 12.8. The molecule has 0 saturated carbocycles. The van der Waals surface area contributed by atoms with Crippen molar-refractivity contribution in [3.8, 4) is 11.8 Å². The molecule has 20 heavy (non-hydrogen) atoms. The number of unbranched alkanes of at least 4 members (excludes halogenated alkanes) is 1. The Kier molecular flexibility index (Phi) is 4.54. The van der Waals surface area contributed by atoms with E-state index in [4.69, 9.17) is 10.00 Å². The van der Waals surface area contributed by atoms with Gasteiger partial charge in [0.25, 0.3) is 0 Å². The minimum atomic E-state index is -0.0884. The molecular formula is C17H24N2O. The maximum Gasteiger partial charge on any atom is 0.143 e. The van der Waals surface area contributed by atoms with E-state index >= 15 is 0 Å². The summed E-state index contributed by atoms with van der Waals surface area (Å²) in [5.41, 5.74) is 2.34. The second-order valence-electron chi connectivity index (χ2n) is 5.65. The minimum absolute atomic E-state index is 0.0884. The smallest absolute Gasteiger partial charge is 0.143 e. The second-order valence-corrected chi connectivity index (χ2v) is 5.65. The SMILES string of the molecule is CCC1(CC)CN(CCCC#N)c2cc(C)ccc2O1. The molecule has 3 heteroatoms. The van der Waals surface area contributed by atoms with Gasteiger partial charge in [-0.1, -0.05) is 19.9 Å². The van der Waals surface area contributed by atoms with Crippen LogP contribution < -0.4 is 9.64 Å². The summed E-state index contributed by atoms with van der Waals surface area (Å²) in [6.45, 7) is 8.33. The van der Waals surface area contributed by atoms with Gasteiger partial charge >= 0.3 is 0 Å². The third-order valence-corrected chi connectivity index (χ3v) is 4.27. The van der Waals surface area contributed by atoms with Gasteiger partial charge in [0.15, 0.2) is 0 Å². The third kappa shape index (κ3) is 2.90. The van der Waals surface area contributed by atoms with Crippen LogP contribution in [0.4, 0.5) is 5.69 Å². The third-order valence-electron chi connectivity index (χ3n) is 4.27. The molecule has 0 aliphatic carbocycles. The van der Waals surface area contributed by atoms with Crippen LogP contribution >= 0.6 is 0 Å². The molecule has 0 aromatic heterocycles. The molecule has 3 nitrogen and oxygen atoms in total. The van der Waals surface area contributed by atoms with Gasteiger partial charge in [-0.15, -0.1) is 0 Å². The normalized spacial score (nSPS) is 16.2. The summed E-state index contributed by atoms with van der Waals surface area (Å²) in [6, 6.07) is 8.61. The number of ether oxygens (including phenoxy) is 1. The maximum absolute atomic E-state index is 8.74. The van der Waals surface area contributed by atoms with Crippen molar-refractivity contribution in [1.29, 1.82) is 5.26 Å². The van der Waals surface area contributed by atoms with Gasteiger partial charge in [-0.3, -0.25) is 0 Å². The fourth-order valence-corrected chi connectivity index (χ4v) is 2.83. The highest BCUT2D eigenvalue weighted by molar-refractivity contribution is 5.62. The first-order valence-corrected chi connectivity index (χ1v) is 7.55. The first-order chi connectivity index (χ1) is 9.64. The van der Waals surface area contributed by atoms with Gasteiger partial charge in [-0.05, 0) is 43.9 Å². The van der Waals surface area contributed by atoms with E-state index in [2.05, 4.69) is 49.9 Å². The number of nitriles is 1. The van der Waals surface area contributed by atoms with Gasteiger partial charge in [0.2, 0.25) is 0 Å². The largest absolute Gasteiger partial charge is 0.483 e. The zero-order chi connectivity index (χ0) is 14.6. The molecule has 0 amide bonds. The lowest BCUT2D eigenvalue weighted by Gasteiger charge is -2.44. The Labute approximate surface area is 122 Å². The van der Waals surface area contributed by atoms with Crippen molar-refractivity contribution in [2.24, 2.45) is 0 Å². The highest BCUT2D eigenvalue weighted by Crippen LogP contribution is 2.40. The van der Waals surface area contributed by atoms with Crippen LogP contribution in [0.3, 0.4) is 0 Å². The highest BCUT2D eigenvalue weighted by atomic mass is 16.5. The monoisotopic (exact) mass is 272 g/mol. The van der Waals surface area contributed by atoms with Crippen molar-refractivity contribution in [1.82, 2.24) is 0 Å². The standard InChI is InChI=1S/C17H24N2O/c1-4-17(5-2)13-19(11-7-6-10-18)15-12-14(3)8-9-16(15)20-17/h8-9,12H,4-7,11,13H2,1-3H3. The van der Waals surface area contributed by atoms with Crippen molar-refractivity contribution >= 4 is 5.69 Å². The molecule has 0 fully saturated rings. The summed E-state index contributed by atoms with van der Waals surface area (Å²) < 4.78 is 6.30. The van der Waals surface area contributed by atoms with E-state index in [9.17, 15) is 0 Å². The van der Waals surface area contributed by atoms with Gasteiger partial charge < -0.3 is 9.64 Å². The Morgan fingerprint density at radius 3 is 2.75 bits per heavy atom. The number of aryl methyl sites for hydroxylation is 1. The van der Waals surface area contributed by atoms with E-state index in [0.29, 0.717) is 6.42 Å². The molecule has 1 aliphatic heterocycles. The predicted molar refractivity (Wildman–Crippen MR) is 82.2 cm³/mol. The van der Waals surface area contributed by atoms with E-state index in [0.717, 1.165) is 38.1 Å². The lowest BCUT2D eigenvalue weighted by molar-refractivity contribution is 0.0574. The van der Waals surface area contributed by atoms with Gasteiger partial charge in [-0.25, -0.2) is 0 Å². The molecule has 1 aliphatic rings. The van der Waals surface area contributed by atoms with Crippen molar-refractivity contribution in [3.63, 3.8) is 0 Å². The molecule has 0 unspecified atom stereocenters. The Hall–Kier alpha value is -1.69. The summed E-state index contributed by atoms with van der Waals surface area (Å²) in [4.78, 5) is 2.40. The van der Waals surface area contributed by atoms with E-state index in [-0.39, 0.29) is 5.60 Å². The van der Waals surface area contributed by atoms with Crippen LogP contribution in [-0.2, 0) is 0 Å². The molecule has 0 radical (unpaired) electrons. The number of hydrogen-bond donors (Lipinski definition) is 0. The quantitative estimate of drug-likeness (QED) is 0.758. The number of hydrogen-bond acceptors (Lipinski definition) is 3. The molecule has 1 aromatic rings. The molecule has 0 bridgehead atoms. The van der Waals surface area contributed by atoms with E-state index in [1.807, 2.05) is 0 Å². The molecule has 0 spiro atoms. The van der Waals surface area contributed by atoms with Crippen LogP contribution in [-0.4, -0.2) is 18.7 Å². The van der Waals surface area contributed by atoms with Crippen molar-refractivity contribution in [2.75, 3.05) is 18.0 Å². The van der Waals surface area contributed by atoms with Gasteiger partial charge in [0.1, 0.15) is 11.4 Å². The summed E-state index contributed by atoms with van der Waals surface area (Å²) in [5.74, 6) is 0.988. The molecule has 2 rings (SSSR count). The molecule has 0 N–H and O–H groups in total. The Balaban J connectivity index is 2.29. The van der Waals surface area contributed by atoms with Crippen LogP contribution in [0.5, 0.6) is 5.75 Å². The Bertz CT molecular complexity index is 500. The maximum atomic E-state index is 8.74. The first kappa shape index (κ1) is 14.7. The Morgan fingerprint density at radius 2 is 2.10 bits per heavy atom. The summed E-state index contributed by atoms with van der Waals surface area (Å²) >= 11 is 0. The van der Waals surface area contributed by atoms with E-state index < -0.39 is 0 Å². The van der Waals surface area contributed by atoms with Gasteiger partial charge in [0.05, 0.1) is 18.3 Å².